The summed E-state index contributed by atoms with van der Waals surface area (Å²) in [6.07, 6.45) is 9.53. The number of hydrogen-bond acceptors (Lipinski definition) is 5. The second kappa shape index (κ2) is 8.13. The van der Waals surface area contributed by atoms with E-state index >= 15 is 0 Å². The van der Waals surface area contributed by atoms with E-state index in [0.717, 1.165) is 48.3 Å². The smallest absolute Gasteiger partial charge is 0.272 e. The van der Waals surface area contributed by atoms with Crippen LogP contribution in [0.5, 0.6) is 0 Å². The Balaban J connectivity index is 1.46. The molecule has 2 aromatic carbocycles. The first kappa shape index (κ1) is 21.5. The summed E-state index contributed by atoms with van der Waals surface area (Å²) in [5, 5.41) is 9.11. The molecular weight excluding hydrogens is 455 g/mol. The van der Waals surface area contributed by atoms with E-state index in [9.17, 15) is 9.18 Å². The largest absolute Gasteiger partial charge is 0.394 e. The van der Waals surface area contributed by atoms with E-state index in [1.807, 2.05) is 18.3 Å². The molecule has 4 heterocycles. The van der Waals surface area contributed by atoms with Crippen LogP contribution < -0.4 is 11.3 Å². The number of anilines is 1. The van der Waals surface area contributed by atoms with Gasteiger partial charge in [0.25, 0.3) is 5.56 Å². The highest BCUT2D eigenvalue weighted by atomic mass is 19.1. The number of nitrogens with two attached hydrogens (primary N) is 1. The molecule has 7 rings (SSSR count). The molecule has 182 valence electrons. The van der Waals surface area contributed by atoms with Crippen molar-refractivity contribution in [3.05, 3.63) is 64.5 Å². The Morgan fingerprint density at radius 3 is 2.64 bits per heavy atom. The normalized spacial score (nSPS) is 17.8. The number of halogens is 1. The van der Waals surface area contributed by atoms with Crippen molar-refractivity contribution in [2.24, 2.45) is 0 Å². The predicted octanol–water partition coefficient (Wildman–Crippen LogP) is 5.07. The summed E-state index contributed by atoms with van der Waals surface area (Å²) >= 11 is 0. The number of nitrogen functional groups attached to an aromatic ring is 1. The van der Waals surface area contributed by atoms with E-state index in [2.05, 4.69) is 26.1 Å². The minimum absolute atomic E-state index is 0.116. The van der Waals surface area contributed by atoms with Gasteiger partial charge >= 0.3 is 0 Å². The number of H-pyrrole nitrogens is 2. The van der Waals surface area contributed by atoms with Crippen LogP contribution in [0.1, 0.15) is 43.6 Å². The van der Waals surface area contributed by atoms with Gasteiger partial charge < -0.3 is 15.6 Å². The van der Waals surface area contributed by atoms with Crippen LogP contribution in [0.3, 0.4) is 0 Å². The van der Waals surface area contributed by atoms with Gasteiger partial charge in [-0.3, -0.25) is 14.9 Å². The van der Waals surface area contributed by atoms with Gasteiger partial charge in [0.2, 0.25) is 0 Å². The molecule has 0 atom stereocenters. The van der Waals surface area contributed by atoms with E-state index in [1.165, 1.54) is 30.9 Å². The molecule has 4 N–H and O–H groups in total. The molecule has 36 heavy (non-hydrogen) atoms. The molecule has 0 radical (unpaired) electrons. The summed E-state index contributed by atoms with van der Waals surface area (Å²) in [6, 6.07) is 9.89. The quantitative estimate of drug-likeness (QED) is 0.312. The molecule has 7 nitrogen and oxygen atoms in total. The number of likely N-dealkylation sites (tertiary alicyclic amines) is 1. The maximum absolute atomic E-state index is 14.5. The molecule has 1 aliphatic carbocycles. The number of rotatable bonds is 3. The Labute approximate surface area is 206 Å². The van der Waals surface area contributed by atoms with Crippen LogP contribution in [0.2, 0.25) is 0 Å². The number of piperidine rings is 1. The van der Waals surface area contributed by atoms with Gasteiger partial charge in [0.05, 0.1) is 17.2 Å². The van der Waals surface area contributed by atoms with Gasteiger partial charge in [0, 0.05) is 34.0 Å². The fraction of sp³-hybridized carbons (Fsp3) is 0.321. The molecule has 3 aromatic heterocycles. The maximum Gasteiger partial charge on any atom is 0.272 e. The SMILES string of the molecule is Nc1c(-c2ccc(F)c3[nH]ncc23)c2cc(C3CCN(C4CCC4)CC3)c3ncccc3c2[nH]c1=O. The first-order chi connectivity index (χ1) is 17.6. The molecular formula is C28H27FN6O. The average Bonchev–Trinajstić information content (AvgIpc) is 3.36. The highest BCUT2D eigenvalue weighted by Crippen LogP contribution is 2.42. The zero-order chi connectivity index (χ0) is 24.4. The molecule has 1 aliphatic heterocycles. The van der Waals surface area contributed by atoms with Crippen LogP contribution in [0.15, 0.2) is 47.5 Å². The predicted molar refractivity (Wildman–Crippen MR) is 141 cm³/mol. The van der Waals surface area contributed by atoms with Gasteiger partial charge in [-0.2, -0.15) is 5.10 Å². The van der Waals surface area contributed by atoms with Gasteiger partial charge in [0.15, 0.2) is 0 Å². The summed E-state index contributed by atoms with van der Waals surface area (Å²) in [5.74, 6) is -0.0289. The molecule has 0 bridgehead atoms. The van der Waals surface area contributed by atoms with Gasteiger partial charge in [-0.25, -0.2) is 4.39 Å². The van der Waals surface area contributed by atoms with E-state index in [-0.39, 0.29) is 11.2 Å². The lowest BCUT2D eigenvalue weighted by Gasteiger charge is -2.42. The van der Waals surface area contributed by atoms with E-state index in [1.54, 1.807) is 12.3 Å². The number of pyridine rings is 2. The Morgan fingerprint density at radius 2 is 1.86 bits per heavy atom. The van der Waals surface area contributed by atoms with Crippen LogP contribution in [0, 0.1) is 5.82 Å². The Hall–Kier alpha value is -3.78. The lowest BCUT2D eigenvalue weighted by Crippen LogP contribution is -2.44. The monoisotopic (exact) mass is 482 g/mol. The lowest BCUT2D eigenvalue weighted by molar-refractivity contribution is 0.0977. The molecule has 2 fully saturated rings. The van der Waals surface area contributed by atoms with Crippen molar-refractivity contribution in [2.45, 2.75) is 44.1 Å². The minimum atomic E-state index is -0.396. The van der Waals surface area contributed by atoms with Crippen molar-refractivity contribution in [3.8, 4) is 11.1 Å². The van der Waals surface area contributed by atoms with Crippen molar-refractivity contribution < 1.29 is 4.39 Å². The average molecular weight is 483 g/mol. The van der Waals surface area contributed by atoms with Gasteiger partial charge in [-0.1, -0.05) is 12.5 Å². The van der Waals surface area contributed by atoms with E-state index < -0.39 is 5.82 Å². The molecule has 0 amide bonds. The molecule has 1 saturated carbocycles. The van der Waals surface area contributed by atoms with Crippen molar-refractivity contribution in [1.29, 1.82) is 0 Å². The van der Waals surface area contributed by atoms with Gasteiger partial charge in [0.1, 0.15) is 17.0 Å². The summed E-state index contributed by atoms with van der Waals surface area (Å²) < 4.78 is 14.5. The third kappa shape index (κ3) is 3.17. The first-order valence-electron chi connectivity index (χ1n) is 12.7. The summed E-state index contributed by atoms with van der Waals surface area (Å²) in [7, 11) is 0. The zero-order valence-corrected chi connectivity index (χ0v) is 19.9. The second-order valence-corrected chi connectivity index (χ2v) is 10.2. The molecule has 0 unspecified atom stereocenters. The van der Waals surface area contributed by atoms with Crippen LogP contribution in [0.4, 0.5) is 10.1 Å². The zero-order valence-electron chi connectivity index (χ0n) is 19.9. The standard InChI is InChI=1S/C28H27FN6O/c29-22-7-6-17(21-14-32-34-27(21)22)23-20-13-19(15-8-11-35(12-9-15)16-3-1-4-16)25-18(5-2-10-31-25)26(20)33-28(36)24(23)30/h2,5-7,10,13-16H,1,3-4,8-9,11-12,30H2,(H,32,34)(H,33,36). The summed E-state index contributed by atoms with van der Waals surface area (Å²) in [6.45, 7) is 2.19. The van der Waals surface area contributed by atoms with E-state index in [4.69, 9.17) is 10.7 Å². The Bertz CT molecular complexity index is 1690. The number of fused-ring (bicyclic) bond motifs is 4. The molecule has 0 spiro atoms. The van der Waals surface area contributed by atoms with Crippen LogP contribution in [0.25, 0.3) is 43.8 Å². The van der Waals surface area contributed by atoms with Crippen LogP contribution in [-0.2, 0) is 0 Å². The van der Waals surface area contributed by atoms with Gasteiger partial charge in [-0.05, 0) is 80.1 Å². The van der Waals surface area contributed by atoms with Crippen LogP contribution >= 0.6 is 0 Å². The van der Waals surface area contributed by atoms with Crippen molar-refractivity contribution in [3.63, 3.8) is 0 Å². The fourth-order valence-corrected chi connectivity index (χ4v) is 6.20. The molecule has 5 aromatic rings. The van der Waals surface area contributed by atoms with Crippen LogP contribution in [-0.4, -0.2) is 44.2 Å². The summed E-state index contributed by atoms with van der Waals surface area (Å²) in [5.41, 5.74) is 10.6. The third-order valence-corrected chi connectivity index (χ3v) is 8.34. The fourth-order valence-electron chi connectivity index (χ4n) is 6.20. The number of hydrogen-bond donors (Lipinski definition) is 3. The number of nitrogens with zero attached hydrogens (tertiary/aromatic N) is 3. The number of aromatic nitrogens is 4. The molecule has 1 saturated heterocycles. The topological polar surface area (TPSA) is 104 Å². The molecule has 2 aliphatic rings. The number of benzene rings is 2. The highest BCUT2D eigenvalue weighted by molar-refractivity contribution is 6.15. The van der Waals surface area contributed by atoms with Crippen molar-refractivity contribution in [1.82, 2.24) is 25.1 Å². The number of nitrogens with one attached hydrogen (secondary N) is 2. The third-order valence-electron chi connectivity index (χ3n) is 8.34. The van der Waals surface area contributed by atoms with Crippen molar-refractivity contribution >= 4 is 38.4 Å². The second-order valence-electron chi connectivity index (χ2n) is 10.2. The summed E-state index contributed by atoms with van der Waals surface area (Å²) in [4.78, 5) is 23.4. The first-order valence-corrected chi connectivity index (χ1v) is 12.7. The number of aromatic amines is 2. The maximum atomic E-state index is 14.5. The minimum Gasteiger partial charge on any atom is -0.394 e. The highest BCUT2D eigenvalue weighted by Gasteiger charge is 2.30. The van der Waals surface area contributed by atoms with E-state index in [0.29, 0.717) is 33.5 Å². The van der Waals surface area contributed by atoms with Gasteiger partial charge in [-0.15, -0.1) is 0 Å². The van der Waals surface area contributed by atoms with Crippen molar-refractivity contribution in [2.75, 3.05) is 18.8 Å². The lowest BCUT2D eigenvalue weighted by atomic mass is 9.83. The molecule has 8 heteroatoms. The Kier molecular flexibility index (Phi) is 4.86. The Morgan fingerprint density at radius 1 is 1.03 bits per heavy atom.